The number of carboxylic acid groups (broad SMARTS) is 1. The minimum Gasteiger partial charge on any atom is -0.480 e. The van der Waals surface area contributed by atoms with E-state index < -0.39 is 53.9 Å². The molecule has 2 amide bonds. The first-order chi connectivity index (χ1) is 20.4. The van der Waals surface area contributed by atoms with Crippen molar-refractivity contribution in [3.63, 3.8) is 0 Å². The lowest BCUT2D eigenvalue weighted by Crippen LogP contribution is -2.76. The van der Waals surface area contributed by atoms with Gasteiger partial charge in [0.25, 0.3) is 5.91 Å². The van der Waals surface area contributed by atoms with Crippen LogP contribution in [0.5, 0.6) is 0 Å². The fourth-order valence-corrected chi connectivity index (χ4v) is 9.36. The van der Waals surface area contributed by atoms with Crippen molar-refractivity contribution < 1.29 is 43.2 Å². The SMILES string of the molecule is CCO/N=C(\C(=O)N[C@@H]1C(=O)N2C(C(=O)O)C(Sc3nc(-c4cc[n+](C)cc4)cs3)CS[C@H]12)c1nsc(NP(=O)(O)O)n1. The van der Waals surface area contributed by atoms with Crippen LogP contribution in [0.25, 0.3) is 11.3 Å². The zero-order chi connectivity index (χ0) is 30.9. The Morgan fingerprint density at radius 3 is 2.72 bits per heavy atom. The number of carbonyl (C=O) groups is 3. The number of hydrogen-bond acceptors (Lipinski definition) is 13. The number of oxime groups is 1. The highest BCUT2D eigenvalue weighted by molar-refractivity contribution is 8.04. The Morgan fingerprint density at radius 2 is 2.05 bits per heavy atom. The van der Waals surface area contributed by atoms with Gasteiger partial charge >= 0.3 is 13.7 Å². The Bertz CT molecular complexity index is 1610. The summed E-state index contributed by atoms with van der Waals surface area (Å²) in [5.41, 5.74) is 1.28. The third kappa shape index (κ3) is 7.00. The number of aliphatic carboxylic acids is 1. The highest BCUT2D eigenvalue weighted by Crippen LogP contribution is 2.44. The molecule has 2 unspecified atom stereocenters. The highest BCUT2D eigenvalue weighted by Gasteiger charge is 2.58. The summed E-state index contributed by atoms with van der Waals surface area (Å²) in [6, 6.07) is 1.68. The van der Waals surface area contributed by atoms with Crippen LogP contribution in [0.2, 0.25) is 0 Å². The molecule has 0 aromatic carbocycles. The van der Waals surface area contributed by atoms with Gasteiger partial charge in [-0.05, 0) is 6.92 Å². The number of amides is 2. The summed E-state index contributed by atoms with van der Waals surface area (Å²) in [5.74, 6) is -2.52. The summed E-state index contributed by atoms with van der Waals surface area (Å²) in [6.07, 6.45) is 3.81. The number of nitrogens with one attached hydrogen (secondary N) is 2. The van der Waals surface area contributed by atoms with E-state index >= 15 is 0 Å². The van der Waals surface area contributed by atoms with Gasteiger partial charge in [-0.25, -0.2) is 18.9 Å². The number of β-lactam (4-membered cyclic amide) rings is 1. The van der Waals surface area contributed by atoms with Gasteiger partial charge < -0.3 is 29.9 Å². The Labute approximate surface area is 260 Å². The third-order valence-electron chi connectivity index (χ3n) is 6.09. The first-order valence-corrected chi connectivity index (χ1v) is 17.6. The van der Waals surface area contributed by atoms with Crippen LogP contribution in [0.15, 0.2) is 39.4 Å². The van der Waals surface area contributed by atoms with E-state index in [2.05, 4.69) is 24.8 Å². The normalized spacial score (nSPS) is 22.0. The summed E-state index contributed by atoms with van der Waals surface area (Å²) in [5, 5.41) is 18.7. The van der Waals surface area contributed by atoms with Gasteiger partial charge in [0.05, 0.1) is 10.9 Å². The summed E-state index contributed by atoms with van der Waals surface area (Å²) in [7, 11) is -2.76. The van der Waals surface area contributed by atoms with E-state index in [1.54, 1.807) is 6.92 Å². The van der Waals surface area contributed by atoms with Gasteiger partial charge in [-0.2, -0.15) is 9.36 Å². The summed E-state index contributed by atoms with van der Waals surface area (Å²) >= 11 is 4.62. The monoisotopic (exact) mass is 687 g/mol. The number of fused-ring (bicyclic) bond motifs is 1. The van der Waals surface area contributed by atoms with Crippen molar-refractivity contribution in [1.82, 2.24) is 24.6 Å². The number of thioether (sulfide) groups is 2. The minimum absolute atomic E-state index is 0.0904. The van der Waals surface area contributed by atoms with E-state index in [9.17, 15) is 24.1 Å². The maximum absolute atomic E-state index is 13.2. The molecule has 228 valence electrons. The van der Waals surface area contributed by atoms with E-state index in [0.29, 0.717) is 21.6 Å². The predicted molar refractivity (Wildman–Crippen MR) is 159 cm³/mol. The maximum atomic E-state index is 13.2. The number of hydrogen-bond donors (Lipinski definition) is 5. The van der Waals surface area contributed by atoms with Gasteiger partial charge in [0.2, 0.25) is 22.6 Å². The largest absolute Gasteiger partial charge is 0.480 e. The van der Waals surface area contributed by atoms with Crippen LogP contribution < -0.4 is 15.0 Å². The molecule has 5 rings (SSSR count). The molecule has 5 N–H and O–H groups in total. The molecule has 3 aromatic heterocycles. The van der Waals surface area contributed by atoms with Crippen LogP contribution in [0.4, 0.5) is 5.13 Å². The molecule has 2 saturated heterocycles. The van der Waals surface area contributed by atoms with Crippen molar-refractivity contribution in [3.8, 4) is 11.3 Å². The van der Waals surface area contributed by atoms with Gasteiger partial charge in [-0.15, -0.1) is 23.1 Å². The smallest absolute Gasteiger partial charge is 0.429 e. The Morgan fingerprint density at radius 1 is 1.30 bits per heavy atom. The van der Waals surface area contributed by atoms with Crippen LogP contribution >= 0.6 is 54.1 Å². The fraction of sp³-hybridized carbons (Fsp3) is 0.364. The predicted octanol–water partition coefficient (Wildman–Crippen LogP) is 0.745. The lowest BCUT2D eigenvalue weighted by atomic mass is 10.0. The summed E-state index contributed by atoms with van der Waals surface area (Å²) < 4.78 is 17.7. The number of anilines is 1. The molecule has 0 spiro atoms. The first kappa shape index (κ1) is 31.3. The molecule has 0 aliphatic carbocycles. The number of thiazole rings is 1. The number of aromatic nitrogens is 4. The van der Waals surface area contributed by atoms with Gasteiger partial charge in [-0.3, -0.25) is 14.7 Å². The Kier molecular flexibility index (Phi) is 9.35. The molecule has 4 atom stereocenters. The second-order valence-corrected chi connectivity index (χ2v) is 14.6. The zero-order valence-corrected chi connectivity index (χ0v) is 26.4. The van der Waals surface area contributed by atoms with Gasteiger partial charge in [0, 0.05) is 40.4 Å². The van der Waals surface area contributed by atoms with Crippen molar-refractivity contribution in [3.05, 3.63) is 35.7 Å². The van der Waals surface area contributed by atoms with Crippen molar-refractivity contribution in [2.45, 2.75) is 34.0 Å². The van der Waals surface area contributed by atoms with E-state index in [1.165, 1.54) is 39.8 Å². The molecule has 2 fully saturated rings. The Hall–Kier alpha value is -3.13. The molecule has 0 saturated carbocycles. The van der Waals surface area contributed by atoms with Crippen LogP contribution in [0.3, 0.4) is 0 Å². The quantitative estimate of drug-likeness (QED) is 0.0618. The third-order valence-corrected chi connectivity index (χ3v) is 11.2. The average molecular weight is 688 g/mol. The molecule has 0 bridgehead atoms. The molecule has 3 aromatic rings. The van der Waals surface area contributed by atoms with E-state index in [4.69, 9.17) is 14.6 Å². The molecule has 5 heterocycles. The van der Waals surface area contributed by atoms with Gasteiger partial charge in [-0.1, -0.05) is 16.9 Å². The lowest BCUT2D eigenvalue weighted by Gasteiger charge is -2.53. The lowest BCUT2D eigenvalue weighted by molar-refractivity contribution is -0.671. The van der Waals surface area contributed by atoms with Crippen LogP contribution in [-0.2, 0) is 30.8 Å². The van der Waals surface area contributed by atoms with Gasteiger partial charge in [0.15, 0.2) is 16.7 Å². The molecular formula is C22H24N8O8PS4+. The van der Waals surface area contributed by atoms with E-state index in [0.717, 1.165) is 11.3 Å². The number of aryl methyl sites for hydroxylation is 1. The molecule has 21 heteroatoms. The number of rotatable bonds is 11. The number of pyridine rings is 1. The van der Waals surface area contributed by atoms with Crippen LogP contribution in [-0.4, -0.2) is 92.7 Å². The molecule has 16 nitrogen and oxygen atoms in total. The first-order valence-electron chi connectivity index (χ1n) is 12.4. The number of carboxylic acids is 1. The van der Waals surface area contributed by atoms with Crippen molar-refractivity contribution in [2.24, 2.45) is 12.2 Å². The second-order valence-electron chi connectivity index (χ2n) is 9.05. The van der Waals surface area contributed by atoms with E-state index in [-0.39, 0.29) is 17.6 Å². The zero-order valence-electron chi connectivity index (χ0n) is 22.3. The summed E-state index contributed by atoms with van der Waals surface area (Å²) in [6.45, 7) is 1.71. The second kappa shape index (κ2) is 12.8. The van der Waals surface area contributed by atoms with Crippen LogP contribution in [0, 0.1) is 0 Å². The van der Waals surface area contributed by atoms with Gasteiger partial charge in [0.1, 0.15) is 31.1 Å². The highest BCUT2D eigenvalue weighted by atomic mass is 32.2. The minimum atomic E-state index is -4.67. The average Bonchev–Trinajstić information content (AvgIpc) is 3.60. The van der Waals surface area contributed by atoms with Crippen molar-refractivity contribution >= 4 is 82.8 Å². The van der Waals surface area contributed by atoms with Crippen LogP contribution in [0.1, 0.15) is 12.7 Å². The topological polar surface area (TPSA) is 220 Å². The number of nitrogens with zero attached hydrogens (tertiary/aromatic N) is 6. The van der Waals surface area contributed by atoms with Crippen molar-refractivity contribution in [1.29, 1.82) is 0 Å². The molecule has 2 aliphatic heterocycles. The van der Waals surface area contributed by atoms with E-state index in [1.807, 2.05) is 46.6 Å². The molecule has 43 heavy (non-hydrogen) atoms. The molecule has 0 radical (unpaired) electrons. The summed E-state index contributed by atoms with van der Waals surface area (Å²) in [4.78, 5) is 71.7. The Balaban J connectivity index is 1.27. The number of carbonyl (C=O) groups excluding carboxylic acids is 2. The molecular weight excluding hydrogens is 664 g/mol. The standard InChI is InChI=1S/C22H23N8O8PS4/c1-3-38-26-13(16-25-21(43-28-16)27-39(35,36)37)17(31)24-14-18(32)30-15(20(33)34)12(9-40-19(14)30)42-22-23-11(8-41-22)10-4-6-29(2)7-5-10/h4-8,12,14-15,19H,3,9H2,1-2H3,(H4-,24,25,27,28,31,33,34,35,36,37)/p+1/b26-13-/t12?,14-,15?,19-/m1/s1. The molecule has 2 aliphatic rings. The fourth-order valence-electron chi connectivity index (χ4n) is 4.19. The maximum Gasteiger partial charge on any atom is 0.429 e. The van der Waals surface area contributed by atoms with Crippen molar-refractivity contribution in [2.75, 3.05) is 17.4 Å².